The lowest BCUT2D eigenvalue weighted by atomic mass is 10.2. The highest BCUT2D eigenvalue weighted by Crippen LogP contribution is 2.30. The van der Waals surface area contributed by atoms with E-state index in [0.29, 0.717) is 13.1 Å². The molecule has 1 heterocycles. The maximum atomic E-state index is 12.6. The Bertz CT molecular complexity index is 440. The predicted molar refractivity (Wildman–Crippen MR) is 107 cm³/mol. The first-order chi connectivity index (χ1) is 12.1. The third-order valence-electron chi connectivity index (χ3n) is 4.24. The highest BCUT2D eigenvalue weighted by Gasteiger charge is 2.38. The van der Waals surface area contributed by atoms with Crippen LogP contribution in [0.4, 0.5) is 0 Å². The summed E-state index contributed by atoms with van der Waals surface area (Å²) in [5.74, 6) is 0.0300. The molecule has 25 heavy (non-hydrogen) atoms. The van der Waals surface area contributed by atoms with Crippen LogP contribution in [0.1, 0.15) is 78.6 Å². The number of carbonyl (C=O) groups is 2. The number of rotatable bonds is 13. The van der Waals surface area contributed by atoms with Gasteiger partial charge in [0.25, 0.3) is 0 Å². The lowest BCUT2D eigenvalue weighted by molar-refractivity contribution is -0.129. The van der Waals surface area contributed by atoms with Gasteiger partial charge < -0.3 is 5.32 Å². The molecule has 0 spiro atoms. The summed E-state index contributed by atoms with van der Waals surface area (Å²) in [4.78, 5) is 31.2. The Labute approximate surface area is 157 Å². The minimum atomic E-state index is -0.312. The van der Waals surface area contributed by atoms with Crippen LogP contribution in [0.25, 0.3) is 0 Å². The van der Waals surface area contributed by atoms with E-state index in [1.54, 1.807) is 4.90 Å². The monoisotopic (exact) mass is 369 g/mol. The minimum Gasteiger partial charge on any atom is -0.356 e. The van der Waals surface area contributed by atoms with E-state index in [-0.39, 0.29) is 23.5 Å². The van der Waals surface area contributed by atoms with Crippen molar-refractivity contribution in [1.29, 1.82) is 0 Å². The molecule has 1 fully saturated rings. The van der Waals surface area contributed by atoms with Crippen LogP contribution in [0.15, 0.2) is 4.99 Å². The van der Waals surface area contributed by atoms with Crippen LogP contribution in [-0.4, -0.2) is 46.8 Å². The number of carbonyl (C=O) groups excluding carboxylic acids is 2. The van der Waals surface area contributed by atoms with E-state index in [1.807, 2.05) is 0 Å². The number of nitrogens with zero attached hydrogens (tertiary/aromatic N) is 2. The minimum absolute atomic E-state index is 0.0207. The lowest BCUT2D eigenvalue weighted by Gasteiger charge is -2.15. The first kappa shape index (κ1) is 22.0. The van der Waals surface area contributed by atoms with Crippen LogP contribution in [0.5, 0.6) is 0 Å². The Hall–Kier alpha value is -1.04. The molecule has 0 aromatic carbocycles. The Morgan fingerprint density at radius 3 is 2.48 bits per heavy atom. The van der Waals surface area contributed by atoms with E-state index in [0.717, 1.165) is 50.2 Å². The van der Waals surface area contributed by atoms with E-state index >= 15 is 0 Å². The van der Waals surface area contributed by atoms with Crippen LogP contribution in [0.2, 0.25) is 0 Å². The number of aliphatic imine (C=N–C) groups is 1. The van der Waals surface area contributed by atoms with Crippen LogP contribution < -0.4 is 5.32 Å². The zero-order valence-corrected chi connectivity index (χ0v) is 17.0. The average molecular weight is 370 g/mol. The predicted octanol–water partition coefficient (Wildman–Crippen LogP) is 3.97. The maximum absolute atomic E-state index is 12.6. The highest BCUT2D eigenvalue weighted by atomic mass is 32.2. The van der Waals surface area contributed by atoms with Crippen LogP contribution in [0, 0.1) is 0 Å². The Balaban J connectivity index is 2.51. The molecule has 1 aliphatic heterocycles. The number of amides is 2. The van der Waals surface area contributed by atoms with Gasteiger partial charge in [-0.1, -0.05) is 64.6 Å². The first-order valence-corrected chi connectivity index (χ1v) is 10.8. The summed E-state index contributed by atoms with van der Waals surface area (Å²) >= 11 is 1.47. The number of unbranched alkanes of at least 4 members (excludes halogenated alkanes) is 5. The number of amidine groups is 1. The molecular formula is C19H35N3O2S. The molecule has 0 unspecified atom stereocenters. The fraction of sp³-hybridized carbons (Fsp3) is 0.842. The molecule has 1 rings (SSSR count). The Morgan fingerprint density at radius 2 is 1.80 bits per heavy atom. The summed E-state index contributed by atoms with van der Waals surface area (Å²) in [5, 5.41) is 3.45. The van der Waals surface area contributed by atoms with Crippen molar-refractivity contribution in [1.82, 2.24) is 10.2 Å². The zero-order valence-electron chi connectivity index (χ0n) is 16.2. The maximum Gasteiger partial charge on any atom is 0.242 e. The summed E-state index contributed by atoms with van der Waals surface area (Å²) in [5.41, 5.74) is 0. The van der Waals surface area contributed by atoms with Gasteiger partial charge in [0.2, 0.25) is 11.8 Å². The normalized spacial score (nSPS) is 19.0. The standard InChI is InChI=1S/C19H35N3O2S/c1-4-7-10-11-13-20-17(23)15-16-18(24)22(14-9-6-3)19(25-16)21-12-8-5-2/h16H,4-15H2,1-3H3,(H,20,23)/t16-/m1/s1. The molecule has 1 saturated heterocycles. The highest BCUT2D eigenvalue weighted by molar-refractivity contribution is 8.15. The molecule has 5 nitrogen and oxygen atoms in total. The summed E-state index contributed by atoms with van der Waals surface area (Å²) < 4.78 is 0. The molecule has 0 aliphatic carbocycles. The van der Waals surface area contributed by atoms with E-state index in [9.17, 15) is 9.59 Å². The fourth-order valence-corrected chi connectivity index (χ4v) is 3.83. The number of thioether (sulfide) groups is 1. The molecule has 144 valence electrons. The molecule has 6 heteroatoms. The molecule has 0 radical (unpaired) electrons. The van der Waals surface area contributed by atoms with Gasteiger partial charge in [-0.3, -0.25) is 19.5 Å². The van der Waals surface area contributed by atoms with Crippen LogP contribution in [0.3, 0.4) is 0 Å². The van der Waals surface area contributed by atoms with Crippen molar-refractivity contribution in [3.8, 4) is 0 Å². The molecule has 1 N–H and O–H groups in total. The second-order valence-electron chi connectivity index (χ2n) is 6.58. The van der Waals surface area contributed by atoms with E-state index < -0.39 is 0 Å². The first-order valence-electron chi connectivity index (χ1n) is 9.93. The third kappa shape index (κ3) is 8.25. The molecular weight excluding hydrogens is 334 g/mol. The fourth-order valence-electron chi connectivity index (χ4n) is 2.64. The topological polar surface area (TPSA) is 61.8 Å². The van der Waals surface area contributed by atoms with Gasteiger partial charge in [0.15, 0.2) is 5.17 Å². The summed E-state index contributed by atoms with van der Waals surface area (Å²) in [6.07, 6.45) is 8.94. The number of hydrogen-bond donors (Lipinski definition) is 1. The lowest BCUT2D eigenvalue weighted by Crippen LogP contribution is -2.35. The quantitative estimate of drug-likeness (QED) is 0.500. The summed E-state index contributed by atoms with van der Waals surface area (Å²) in [7, 11) is 0. The van der Waals surface area contributed by atoms with Crippen molar-refractivity contribution >= 4 is 28.7 Å². The smallest absolute Gasteiger partial charge is 0.242 e. The van der Waals surface area contributed by atoms with Gasteiger partial charge in [0, 0.05) is 26.1 Å². The van der Waals surface area contributed by atoms with Crippen molar-refractivity contribution < 1.29 is 9.59 Å². The molecule has 0 aromatic heterocycles. The van der Waals surface area contributed by atoms with Gasteiger partial charge in [0.1, 0.15) is 5.25 Å². The molecule has 0 aromatic rings. The van der Waals surface area contributed by atoms with E-state index in [1.165, 1.54) is 24.6 Å². The molecule has 1 aliphatic rings. The van der Waals surface area contributed by atoms with Crippen molar-refractivity contribution in [2.24, 2.45) is 4.99 Å². The summed E-state index contributed by atoms with van der Waals surface area (Å²) in [6.45, 7) is 8.60. The van der Waals surface area contributed by atoms with Gasteiger partial charge in [-0.25, -0.2) is 0 Å². The van der Waals surface area contributed by atoms with E-state index in [4.69, 9.17) is 0 Å². The molecule has 0 bridgehead atoms. The van der Waals surface area contributed by atoms with Gasteiger partial charge >= 0.3 is 0 Å². The zero-order chi connectivity index (χ0) is 18.5. The number of nitrogens with one attached hydrogen (secondary N) is 1. The largest absolute Gasteiger partial charge is 0.356 e. The van der Waals surface area contributed by atoms with E-state index in [2.05, 4.69) is 31.1 Å². The SMILES string of the molecule is CCCCCCNC(=O)C[C@H]1SC(=NCCCC)N(CCCC)C1=O. The molecule has 0 saturated carbocycles. The Kier molecular flexibility index (Phi) is 11.6. The van der Waals surface area contributed by atoms with Crippen LogP contribution >= 0.6 is 11.8 Å². The second kappa shape index (κ2) is 13.2. The number of hydrogen-bond acceptors (Lipinski definition) is 4. The van der Waals surface area contributed by atoms with Crippen LogP contribution in [-0.2, 0) is 9.59 Å². The van der Waals surface area contributed by atoms with Crippen molar-refractivity contribution in [2.45, 2.75) is 83.8 Å². The molecule has 2 amide bonds. The summed E-state index contributed by atoms with van der Waals surface area (Å²) in [6, 6.07) is 0. The van der Waals surface area contributed by atoms with Gasteiger partial charge in [-0.2, -0.15) is 0 Å². The second-order valence-corrected chi connectivity index (χ2v) is 7.75. The Morgan fingerprint density at radius 1 is 1.08 bits per heavy atom. The van der Waals surface area contributed by atoms with Gasteiger partial charge in [-0.05, 0) is 19.3 Å². The van der Waals surface area contributed by atoms with Crippen molar-refractivity contribution in [2.75, 3.05) is 19.6 Å². The van der Waals surface area contributed by atoms with Crippen molar-refractivity contribution in [3.63, 3.8) is 0 Å². The average Bonchev–Trinajstić information content (AvgIpc) is 2.88. The third-order valence-corrected chi connectivity index (χ3v) is 5.45. The van der Waals surface area contributed by atoms with Gasteiger partial charge in [-0.15, -0.1) is 0 Å². The van der Waals surface area contributed by atoms with Gasteiger partial charge in [0.05, 0.1) is 0 Å². The molecule has 1 atom stereocenters. The van der Waals surface area contributed by atoms with Crippen molar-refractivity contribution in [3.05, 3.63) is 0 Å².